The molecule has 4 heteroatoms. The summed E-state index contributed by atoms with van der Waals surface area (Å²) < 4.78 is 1.98. The quantitative estimate of drug-likeness (QED) is 0.788. The summed E-state index contributed by atoms with van der Waals surface area (Å²) in [6.07, 6.45) is 8.11. The minimum Gasteiger partial charge on any atom is -0.308 e. The standard InChI is InChI=1S/C16H16N4/c1-2-4-15-12(3-1)9-14(10-18-13-5-6-13)19-16(15)20-8-7-17-11-20/h1-4,7-9,11,13,18H,5-6,10H2. The molecule has 1 fully saturated rings. The van der Waals surface area contributed by atoms with E-state index in [0.717, 1.165) is 23.4 Å². The molecule has 2 aromatic heterocycles. The molecule has 0 radical (unpaired) electrons. The summed E-state index contributed by atoms with van der Waals surface area (Å²) in [4.78, 5) is 8.93. The van der Waals surface area contributed by atoms with Gasteiger partial charge in [-0.3, -0.25) is 4.57 Å². The third kappa shape index (κ3) is 2.18. The fraction of sp³-hybridized carbons (Fsp3) is 0.250. The van der Waals surface area contributed by atoms with Gasteiger partial charge in [0.05, 0.1) is 5.69 Å². The normalized spacial score (nSPS) is 14.8. The monoisotopic (exact) mass is 264 g/mol. The van der Waals surface area contributed by atoms with Gasteiger partial charge in [-0.15, -0.1) is 0 Å². The Morgan fingerprint density at radius 2 is 2.15 bits per heavy atom. The van der Waals surface area contributed by atoms with Gasteiger partial charge < -0.3 is 5.32 Å². The predicted octanol–water partition coefficient (Wildman–Crippen LogP) is 2.67. The van der Waals surface area contributed by atoms with E-state index in [1.165, 1.54) is 18.2 Å². The van der Waals surface area contributed by atoms with Crippen LogP contribution >= 0.6 is 0 Å². The molecule has 2 heterocycles. The first-order chi connectivity index (χ1) is 9.90. The lowest BCUT2D eigenvalue weighted by molar-refractivity contribution is 0.674. The maximum atomic E-state index is 4.80. The summed E-state index contributed by atoms with van der Waals surface area (Å²) in [7, 11) is 0. The molecule has 0 bridgehead atoms. The summed E-state index contributed by atoms with van der Waals surface area (Å²) in [5.74, 6) is 0.952. The highest BCUT2D eigenvalue weighted by Crippen LogP contribution is 2.23. The van der Waals surface area contributed by atoms with E-state index >= 15 is 0 Å². The van der Waals surface area contributed by atoms with E-state index in [1.54, 1.807) is 12.5 Å². The van der Waals surface area contributed by atoms with Gasteiger partial charge in [-0.05, 0) is 24.3 Å². The van der Waals surface area contributed by atoms with Crippen LogP contribution in [0.5, 0.6) is 0 Å². The second-order valence-electron chi connectivity index (χ2n) is 5.28. The highest BCUT2D eigenvalue weighted by atomic mass is 15.1. The summed E-state index contributed by atoms with van der Waals surface area (Å²) in [5, 5.41) is 5.90. The first-order valence-electron chi connectivity index (χ1n) is 7.00. The minimum atomic E-state index is 0.694. The van der Waals surface area contributed by atoms with Crippen LogP contribution in [0, 0.1) is 0 Å². The van der Waals surface area contributed by atoms with Crippen molar-refractivity contribution in [3.8, 4) is 5.82 Å². The van der Waals surface area contributed by atoms with E-state index < -0.39 is 0 Å². The zero-order valence-electron chi connectivity index (χ0n) is 11.2. The molecule has 0 amide bonds. The van der Waals surface area contributed by atoms with Gasteiger partial charge in [0.1, 0.15) is 12.1 Å². The molecule has 0 saturated heterocycles. The fourth-order valence-electron chi connectivity index (χ4n) is 2.44. The summed E-state index contributed by atoms with van der Waals surface area (Å²) in [6.45, 7) is 0.831. The van der Waals surface area contributed by atoms with Crippen molar-refractivity contribution in [3.63, 3.8) is 0 Å². The molecule has 4 rings (SSSR count). The highest BCUT2D eigenvalue weighted by Gasteiger charge is 2.20. The largest absolute Gasteiger partial charge is 0.308 e. The van der Waals surface area contributed by atoms with Gasteiger partial charge in [0.25, 0.3) is 0 Å². The van der Waals surface area contributed by atoms with Crippen LogP contribution in [0.3, 0.4) is 0 Å². The smallest absolute Gasteiger partial charge is 0.146 e. The Kier molecular flexibility index (Phi) is 2.74. The number of rotatable bonds is 4. The number of pyridine rings is 1. The second kappa shape index (κ2) is 4.72. The molecule has 100 valence electrons. The number of benzene rings is 1. The summed E-state index contributed by atoms with van der Waals surface area (Å²) in [5.41, 5.74) is 1.08. The van der Waals surface area contributed by atoms with Crippen molar-refractivity contribution in [3.05, 3.63) is 54.7 Å². The SMILES string of the molecule is c1ccc2c(-n3ccnc3)nc(CNC3CC3)cc2c1. The maximum Gasteiger partial charge on any atom is 0.146 e. The van der Waals surface area contributed by atoms with Gasteiger partial charge in [0, 0.05) is 30.4 Å². The van der Waals surface area contributed by atoms with E-state index in [2.05, 4.69) is 34.6 Å². The van der Waals surface area contributed by atoms with Gasteiger partial charge in [0.2, 0.25) is 0 Å². The number of aromatic nitrogens is 3. The van der Waals surface area contributed by atoms with Crippen LogP contribution in [0.2, 0.25) is 0 Å². The van der Waals surface area contributed by atoms with Crippen LogP contribution in [-0.4, -0.2) is 20.6 Å². The molecule has 0 unspecified atom stereocenters. The van der Waals surface area contributed by atoms with Gasteiger partial charge in [0.15, 0.2) is 0 Å². The fourth-order valence-corrected chi connectivity index (χ4v) is 2.44. The third-order valence-corrected chi connectivity index (χ3v) is 3.67. The van der Waals surface area contributed by atoms with Gasteiger partial charge in [-0.25, -0.2) is 9.97 Å². The molecule has 3 aromatic rings. The Hall–Kier alpha value is -2.20. The topological polar surface area (TPSA) is 42.7 Å². The Morgan fingerprint density at radius 3 is 2.95 bits per heavy atom. The molecular weight excluding hydrogens is 248 g/mol. The van der Waals surface area contributed by atoms with Gasteiger partial charge in [-0.1, -0.05) is 24.3 Å². The van der Waals surface area contributed by atoms with E-state index in [-0.39, 0.29) is 0 Å². The number of nitrogens with one attached hydrogen (secondary N) is 1. The Bertz CT molecular complexity index is 729. The third-order valence-electron chi connectivity index (χ3n) is 3.67. The van der Waals surface area contributed by atoms with E-state index in [4.69, 9.17) is 4.98 Å². The van der Waals surface area contributed by atoms with Crippen LogP contribution in [0.15, 0.2) is 49.1 Å². The van der Waals surface area contributed by atoms with E-state index in [1.807, 2.05) is 16.8 Å². The van der Waals surface area contributed by atoms with Crippen molar-refractivity contribution in [2.45, 2.75) is 25.4 Å². The molecule has 0 spiro atoms. The van der Waals surface area contributed by atoms with E-state index in [9.17, 15) is 0 Å². The average molecular weight is 264 g/mol. The highest BCUT2D eigenvalue weighted by molar-refractivity contribution is 5.88. The zero-order chi connectivity index (χ0) is 13.4. The lowest BCUT2D eigenvalue weighted by Gasteiger charge is -2.10. The lowest BCUT2D eigenvalue weighted by Crippen LogP contribution is -2.16. The maximum absolute atomic E-state index is 4.80. The number of nitrogens with zero attached hydrogens (tertiary/aromatic N) is 3. The Morgan fingerprint density at radius 1 is 1.25 bits per heavy atom. The number of imidazole rings is 1. The molecular formula is C16H16N4. The minimum absolute atomic E-state index is 0.694. The van der Waals surface area contributed by atoms with Crippen LogP contribution in [0.25, 0.3) is 16.6 Å². The van der Waals surface area contributed by atoms with Crippen LogP contribution < -0.4 is 5.32 Å². The molecule has 4 nitrogen and oxygen atoms in total. The predicted molar refractivity (Wildman–Crippen MR) is 78.7 cm³/mol. The average Bonchev–Trinajstić information content (AvgIpc) is 3.16. The Balaban J connectivity index is 1.81. The van der Waals surface area contributed by atoms with E-state index in [0.29, 0.717) is 6.04 Å². The first-order valence-corrected chi connectivity index (χ1v) is 7.00. The first kappa shape index (κ1) is 11.6. The molecule has 0 aliphatic heterocycles. The molecule has 1 aromatic carbocycles. The molecule has 1 aliphatic carbocycles. The second-order valence-corrected chi connectivity index (χ2v) is 5.28. The molecule has 1 saturated carbocycles. The van der Waals surface area contributed by atoms with Crippen LogP contribution in [0.4, 0.5) is 0 Å². The number of hydrogen-bond donors (Lipinski definition) is 1. The van der Waals surface area contributed by atoms with Crippen molar-refractivity contribution in [1.82, 2.24) is 19.9 Å². The Labute approximate surface area is 117 Å². The van der Waals surface area contributed by atoms with Crippen molar-refractivity contribution >= 4 is 10.8 Å². The van der Waals surface area contributed by atoms with Gasteiger partial charge in [-0.2, -0.15) is 0 Å². The van der Waals surface area contributed by atoms with Crippen molar-refractivity contribution in [2.75, 3.05) is 0 Å². The van der Waals surface area contributed by atoms with Crippen molar-refractivity contribution in [1.29, 1.82) is 0 Å². The number of fused-ring (bicyclic) bond motifs is 1. The van der Waals surface area contributed by atoms with Crippen LogP contribution in [-0.2, 0) is 6.54 Å². The summed E-state index contributed by atoms with van der Waals surface area (Å²) >= 11 is 0. The lowest BCUT2D eigenvalue weighted by atomic mass is 10.1. The van der Waals surface area contributed by atoms with Crippen molar-refractivity contribution < 1.29 is 0 Å². The number of hydrogen-bond acceptors (Lipinski definition) is 3. The summed E-state index contributed by atoms with van der Waals surface area (Å²) in [6, 6.07) is 11.2. The van der Waals surface area contributed by atoms with Crippen LogP contribution in [0.1, 0.15) is 18.5 Å². The van der Waals surface area contributed by atoms with Gasteiger partial charge >= 0.3 is 0 Å². The molecule has 1 aliphatic rings. The zero-order valence-corrected chi connectivity index (χ0v) is 11.2. The molecule has 0 atom stereocenters. The molecule has 20 heavy (non-hydrogen) atoms. The molecule has 1 N–H and O–H groups in total. The van der Waals surface area contributed by atoms with Crippen molar-refractivity contribution in [2.24, 2.45) is 0 Å².